The molecule has 0 bridgehead atoms. The molecule has 1 saturated heterocycles. The van der Waals surface area contributed by atoms with E-state index in [4.69, 9.17) is 5.73 Å². The molecule has 1 fully saturated rings. The topological polar surface area (TPSA) is 66.6 Å². The van der Waals surface area contributed by atoms with Gasteiger partial charge in [-0.1, -0.05) is 0 Å². The molecule has 1 aliphatic rings. The second-order valence-corrected chi connectivity index (χ2v) is 6.79. The Morgan fingerprint density at radius 3 is 2.32 bits per heavy atom. The predicted molar refractivity (Wildman–Crippen MR) is 74.2 cm³/mol. The number of hydrogen-bond acceptors (Lipinski definition) is 4. The van der Waals surface area contributed by atoms with E-state index in [0.717, 1.165) is 5.69 Å². The second-order valence-electron chi connectivity index (χ2n) is 4.81. The normalized spacial score (nSPS) is 17.7. The van der Waals surface area contributed by atoms with E-state index in [1.54, 1.807) is 13.0 Å². The van der Waals surface area contributed by atoms with Gasteiger partial charge in [-0.15, -0.1) is 0 Å². The average molecular weight is 287 g/mol. The molecule has 5 nitrogen and oxygen atoms in total. The molecular formula is C12H18FN3O2S. The molecule has 0 atom stereocenters. The number of nitrogen functional groups attached to an aromatic ring is 1. The van der Waals surface area contributed by atoms with Crippen LogP contribution in [0.15, 0.2) is 12.1 Å². The van der Waals surface area contributed by atoms with Gasteiger partial charge in [0.05, 0.1) is 17.6 Å². The highest BCUT2D eigenvalue weighted by atomic mass is 32.2. The van der Waals surface area contributed by atoms with Crippen molar-refractivity contribution in [1.82, 2.24) is 4.31 Å². The standard InChI is InChI=1S/C12H18FN3O2S/c1-9-7-12(11(14)8-10(9)13)15-3-5-16(6-4-15)19(2,17)18/h7-8H,3-6,14H2,1-2H3. The zero-order valence-electron chi connectivity index (χ0n) is 11.1. The molecule has 7 heteroatoms. The minimum absolute atomic E-state index is 0.323. The fourth-order valence-corrected chi connectivity index (χ4v) is 3.04. The van der Waals surface area contributed by atoms with Crippen molar-refractivity contribution in [2.45, 2.75) is 6.92 Å². The van der Waals surface area contributed by atoms with Gasteiger partial charge in [0.2, 0.25) is 10.0 Å². The Kier molecular flexibility index (Phi) is 3.69. The van der Waals surface area contributed by atoms with Gasteiger partial charge in [-0.05, 0) is 24.6 Å². The van der Waals surface area contributed by atoms with Crippen molar-refractivity contribution >= 4 is 21.4 Å². The molecule has 0 radical (unpaired) electrons. The number of nitrogens with zero attached hydrogens (tertiary/aromatic N) is 2. The van der Waals surface area contributed by atoms with E-state index in [-0.39, 0.29) is 5.82 Å². The molecule has 1 aromatic carbocycles. The van der Waals surface area contributed by atoms with Gasteiger partial charge in [-0.2, -0.15) is 4.31 Å². The van der Waals surface area contributed by atoms with E-state index < -0.39 is 10.0 Å². The Morgan fingerprint density at radius 1 is 1.21 bits per heavy atom. The summed E-state index contributed by atoms with van der Waals surface area (Å²) in [6, 6.07) is 3.02. The molecule has 1 aliphatic heterocycles. The smallest absolute Gasteiger partial charge is 0.211 e. The average Bonchev–Trinajstić information content (AvgIpc) is 2.33. The van der Waals surface area contributed by atoms with Crippen LogP contribution < -0.4 is 10.6 Å². The summed E-state index contributed by atoms with van der Waals surface area (Å²) in [5.74, 6) is -0.323. The van der Waals surface area contributed by atoms with Crippen molar-refractivity contribution in [2.24, 2.45) is 0 Å². The summed E-state index contributed by atoms with van der Waals surface area (Å²) < 4.78 is 37.7. The maximum atomic E-state index is 13.4. The minimum Gasteiger partial charge on any atom is -0.397 e. The second kappa shape index (κ2) is 4.97. The molecule has 1 heterocycles. The van der Waals surface area contributed by atoms with Crippen molar-refractivity contribution in [3.8, 4) is 0 Å². The Morgan fingerprint density at radius 2 is 1.79 bits per heavy atom. The first kappa shape index (κ1) is 14.1. The number of anilines is 2. The van der Waals surface area contributed by atoms with Crippen LogP contribution in [0.1, 0.15) is 5.56 Å². The van der Waals surface area contributed by atoms with Gasteiger partial charge in [0, 0.05) is 26.2 Å². The van der Waals surface area contributed by atoms with Crippen LogP contribution in [-0.2, 0) is 10.0 Å². The molecule has 2 N–H and O–H groups in total. The summed E-state index contributed by atoms with van der Waals surface area (Å²) in [6.07, 6.45) is 1.21. The lowest BCUT2D eigenvalue weighted by atomic mass is 10.1. The van der Waals surface area contributed by atoms with E-state index in [0.29, 0.717) is 37.4 Å². The van der Waals surface area contributed by atoms with E-state index >= 15 is 0 Å². The number of benzene rings is 1. The highest BCUT2D eigenvalue weighted by Crippen LogP contribution is 2.27. The molecular weight excluding hydrogens is 269 g/mol. The third-order valence-electron chi connectivity index (χ3n) is 3.36. The maximum absolute atomic E-state index is 13.4. The van der Waals surface area contributed by atoms with Crippen molar-refractivity contribution in [3.05, 3.63) is 23.5 Å². The van der Waals surface area contributed by atoms with Gasteiger partial charge in [-0.3, -0.25) is 0 Å². The molecule has 0 aliphatic carbocycles. The van der Waals surface area contributed by atoms with Crippen molar-refractivity contribution in [1.29, 1.82) is 0 Å². The van der Waals surface area contributed by atoms with Crippen LogP contribution in [0.25, 0.3) is 0 Å². The SMILES string of the molecule is Cc1cc(N2CCN(S(C)(=O)=O)CC2)c(N)cc1F. The van der Waals surface area contributed by atoms with Gasteiger partial charge < -0.3 is 10.6 Å². The quantitative estimate of drug-likeness (QED) is 0.817. The summed E-state index contributed by atoms with van der Waals surface area (Å²) in [5.41, 5.74) is 7.52. The third kappa shape index (κ3) is 2.98. The predicted octanol–water partition coefficient (Wildman–Crippen LogP) is 0.798. The van der Waals surface area contributed by atoms with Gasteiger partial charge in [0.15, 0.2) is 0 Å². The molecule has 0 unspecified atom stereocenters. The molecule has 1 aromatic rings. The Balaban J connectivity index is 2.16. The lowest BCUT2D eigenvalue weighted by molar-refractivity contribution is 0.388. The first-order valence-corrected chi connectivity index (χ1v) is 7.89. The van der Waals surface area contributed by atoms with Crippen LogP contribution in [0.4, 0.5) is 15.8 Å². The molecule has 0 saturated carbocycles. The first-order chi connectivity index (χ1) is 8.79. The van der Waals surface area contributed by atoms with Gasteiger partial charge in [-0.25, -0.2) is 12.8 Å². The van der Waals surface area contributed by atoms with Crippen LogP contribution in [0.3, 0.4) is 0 Å². The van der Waals surface area contributed by atoms with Crippen LogP contribution in [0.2, 0.25) is 0 Å². The summed E-state index contributed by atoms with van der Waals surface area (Å²) in [7, 11) is -3.14. The molecule has 2 rings (SSSR count). The number of aryl methyl sites for hydroxylation is 1. The lowest BCUT2D eigenvalue weighted by Crippen LogP contribution is -2.48. The summed E-state index contributed by atoms with van der Waals surface area (Å²) >= 11 is 0. The van der Waals surface area contributed by atoms with Gasteiger partial charge >= 0.3 is 0 Å². The fraction of sp³-hybridized carbons (Fsp3) is 0.500. The Hall–Kier alpha value is -1.34. The van der Waals surface area contributed by atoms with E-state index in [1.165, 1.54) is 16.6 Å². The zero-order valence-corrected chi connectivity index (χ0v) is 11.9. The summed E-state index contributed by atoms with van der Waals surface area (Å²) in [5, 5.41) is 0. The third-order valence-corrected chi connectivity index (χ3v) is 4.66. The number of sulfonamides is 1. The monoisotopic (exact) mass is 287 g/mol. The van der Waals surface area contributed by atoms with Crippen molar-refractivity contribution in [2.75, 3.05) is 43.1 Å². The van der Waals surface area contributed by atoms with Gasteiger partial charge in [0.1, 0.15) is 5.82 Å². The number of halogens is 1. The lowest BCUT2D eigenvalue weighted by Gasteiger charge is -2.35. The molecule has 0 amide bonds. The summed E-state index contributed by atoms with van der Waals surface area (Å²) in [4.78, 5) is 1.99. The molecule has 0 spiro atoms. The fourth-order valence-electron chi connectivity index (χ4n) is 2.22. The molecule has 0 aromatic heterocycles. The Labute approximate surface area is 112 Å². The van der Waals surface area contributed by atoms with Crippen LogP contribution >= 0.6 is 0 Å². The van der Waals surface area contributed by atoms with E-state index in [1.807, 2.05) is 4.90 Å². The number of piperazine rings is 1. The van der Waals surface area contributed by atoms with Crippen LogP contribution in [0, 0.1) is 12.7 Å². The van der Waals surface area contributed by atoms with Crippen molar-refractivity contribution < 1.29 is 12.8 Å². The minimum atomic E-state index is -3.14. The Bertz CT molecular complexity index is 581. The van der Waals surface area contributed by atoms with Crippen LogP contribution in [0.5, 0.6) is 0 Å². The van der Waals surface area contributed by atoms with Crippen molar-refractivity contribution in [3.63, 3.8) is 0 Å². The first-order valence-electron chi connectivity index (χ1n) is 6.05. The van der Waals surface area contributed by atoms with Gasteiger partial charge in [0.25, 0.3) is 0 Å². The number of rotatable bonds is 2. The maximum Gasteiger partial charge on any atom is 0.211 e. The zero-order chi connectivity index (χ0) is 14.2. The highest BCUT2D eigenvalue weighted by Gasteiger charge is 2.24. The highest BCUT2D eigenvalue weighted by molar-refractivity contribution is 7.88. The molecule has 19 heavy (non-hydrogen) atoms. The number of nitrogens with two attached hydrogens (primary N) is 1. The van der Waals surface area contributed by atoms with E-state index in [2.05, 4.69) is 0 Å². The largest absolute Gasteiger partial charge is 0.397 e. The van der Waals surface area contributed by atoms with Crippen LogP contribution in [-0.4, -0.2) is 45.2 Å². The number of hydrogen-bond donors (Lipinski definition) is 1. The summed E-state index contributed by atoms with van der Waals surface area (Å²) in [6.45, 7) is 3.65. The van der Waals surface area contributed by atoms with E-state index in [9.17, 15) is 12.8 Å². The molecule has 106 valence electrons.